The maximum absolute atomic E-state index is 13.2. The normalized spacial score (nSPS) is 19.0. The molecular formula is C18H19ClFN. The number of hydrogen-bond acceptors (Lipinski definition) is 1. The minimum Gasteiger partial charge on any atom is -0.302 e. The summed E-state index contributed by atoms with van der Waals surface area (Å²) in [6.45, 7) is 3.19. The number of rotatable bonds is 4. The number of hydrogen-bond donors (Lipinski definition) is 0. The summed E-state index contributed by atoms with van der Waals surface area (Å²) < 4.78 is 13.2. The summed E-state index contributed by atoms with van der Waals surface area (Å²) >= 11 is 5.94. The van der Waals surface area contributed by atoms with E-state index in [1.54, 1.807) is 12.1 Å². The van der Waals surface area contributed by atoms with Crippen molar-refractivity contribution in [2.24, 2.45) is 0 Å². The first kappa shape index (κ1) is 14.6. The van der Waals surface area contributed by atoms with E-state index in [1.807, 2.05) is 18.2 Å². The Morgan fingerprint density at radius 1 is 1.14 bits per heavy atom. The van der Waals surface area contributed by atoms with Crippen molar-refractivity contribution in [3.63, 3.8) is 0 Å². The van der Waals surface area contributed by atoms with Crippen LogP contribution in [0.3, 0.4) is 0 Å². The molecule has 3 heteroatoms. The van der Waals surface area contributed by atoms with Crippen LogP contribution in [0.4, 0.5) is 4.39 Å². The minimum absolute atomic E-state index is 0.145. The highest BCUT2D eigenvalue weighted by atomic mass is 35.5. The number of benzene rings is 2. The van der Waals surface area contributed by atoms with Crippen molar-refractivity contribution in [1.82, 2.24) is 4.90 Å². The van der Waals surface area contributed by atoms with Gasteiger partial charge < -0.3 is 4.90 Å². The Kier molecular flexibility index (Phi) is 4.57. The molecule has 2 aromatic rings. The standard InChI is InChI=1S/C18H19ClFN/c19-17-6-4-15(5-7-17)16-9-11-21(13-16)10-8-14-2-1-3-18(20)12-14/h1-7,12,16H,8-11,13H2/t16-/m0/s1. The van der Waals surface area contributed by atoms with Crippen LogP contribution in [0.2, 0.25) is 5.02 Å². The Hall–Kier alpha value is -1.38. The Bertz CT molecular complexity index is 596. The average Bonchev–Trinajstić information content (AvgIpc) is 2.95. The molecule has 0 saturated carbocycles. The van der Waals surface area contributed by atoms with Gasteiger partial charge in [-0.2, -0.15) is 0 Å². The summed E-state index contributed by atoms with van der Waals surface area (Å²) in [5.41, 5.74) is 2.44. The molecule has 0 bridgehead atoms. The fraction of sp³-hybridized carbons (Fsp3) is 0.333. The summed E-state index contributed by atoms with van der Waals surface area (Å²) in [7, 11) is 0. The van der Waals surface area contributed by atoms with Gasteiger partial charge in [-0.25, -0.2) is 4.39 Å². The molecule has 1 atom stereocenters. The van der Waals surface area contributed by atoms with Crippen LogP contribution in [0, 0.1) is 5.82 Å². The van der Waals surface area contributed by atoms with Gasteiger partial charge in [-0.1, -0.05) is 35.9 Å². The lowest BCUT2D eigenvalue weighted by Crippen LogP contribution is -2.23. The fourth-order valence-corrected chi connectivity index (χ4v) is 3.15. The fourth-order valence-electron chi connectivity index (χ4n) is 3.02. The lowest BCUT2D eigenvalue weighted by molar-refractivity contribution is 0.339. The van der Waals surface area contributed by atoms with E-state index in [2.05, 4.69) is 17.0 Å². The van der Waals surface area contributed by atoms with Crippen LogP contribution < -0.4 is 0 Å². The minimum atomic E-state index is -0.145. The topological polar surface area (TPSA) is 3.24 Å². The van der Waals surface area contributed by atoms with Crippen LogP contribution in [-0.4, -0.2) is 24.5 Å². The Balaban J connectivity index is 1.54. The Morgan fingerprint density at radius 3 is 2.71 bits per heavy atom. The van der Waals surface area contributed by atoms with Crippen LogP contribution in [0.1, 0.15) is 23.5 Å². The van der Waals surface area contributed by atoms with E-state index in [0.29, 0.717) is 5.92 Å². The van der Waals surface area contributed by atoms with Crippen molar-refractivity contribution in [1.29, 1.82) is 0 Å². The van der Waals surface area contributed by atoms with Crippen LogP contribution in [-0.2, 0) is 6.42 Å². The first-order valence-electron chi connectivity index (χ1n) is 7.43. The SMILES string of the molecule is Fc1cccc(CCN2CC[C@H](c3ccc(Cl)cc3)C2)c1. The van der Waals surface area contributed by atoms with E-state index in [9.17, 15) is 4.39 Å². The number of halogens is 2. The van der Waals surface area contributed by atoms with Crippen LogP contribution in [0.25, 0.3) is 0 Å². The van der Waals surface area contributed by atoms with E-state index >= 15 is 0 Å². The first-order valence-corrected chi connectivity index (χ1v) is 7.81. The van der Waals surface area contributed by atoms with E-state index in [4.69, 9.17) is 11.6 Å². The molecule has 0 spiro atoms. The molecule has 1 heterocycles. The molecule has 21 heavy (non-hydrogen) atoms. The molecule has 1 saturated heterocycles. The van der Waals surface area contributed by atoms with Gasteiger partial charge in [0.25, 0.3) is 0 Å². The second-order valence-corrected chi connectivity index (χ2v) is 6.15. The van der Waals surface area contributed by atoms with Gasteiger partial charge in [0.2, 0.25) is 0 Å². The molecule has 0 amide bonds. The molecule has 3 rings (SSSR count). The van der Waals surface area contributed by atoms with Gasteiger partial charge in [0.1, 0.15) is 5.82 Å². The highest BCUT2D eigenvalue weighted by molar-refractivity contribution is 6.30. The molecule has 0 unspecified atom stereocenters. The van der Waals surface area contributed by atoms with Gasteiger partial charge in [0, 0.05) is 18.1 Å². The summed E-state index contributed by atoms with van der Waals surface area (Å²) in [6, 6.07) is 15.1. The summed E-state index contributed by atoms with van der Waals surface area (Å²) in [6.07, 6.45) is 2.09. The monoisotopic (exact) mass is 303 g/mol. The van der Waals surface area contributed by atoms with Gasteiger partial charge in [0.15, 0.2) is 0 Å². The lowest BCUT2D eigenvalue weighted by atomic mass is 9.99. The van der Waals surface area contributed by atoms with Gasteiger partial charge in [-0.15, -0.1) is 0 Å². The van der Waals surface area contributed by atoms with Crippen LogP contribution >= 0.6 is 11.6 Å². The zero-order valence-corrected chi connectivity index (χ0v) is 12.7. The van der Waals surface area contributed by atoms with E-state index in [0.717, 1.165) is 36.6 Å². The van der Waals surface area contributed by atoms with Gasteiger partial charge in [-0.3, -0.25) is 0 Å². The van der Waals surface area contributed by atoms with Crippen molar-refractivity contribution in [2.75, 3.05) is 19.6 Å². The van der Waals surface area contributed by atoms with E-state index < -0.39 is 0 Å². The van der Waals surface area contributed by atoms with Gasteiger partial charge >= 0.3 is 0 Å². The average molecular weight is 304 g/mol. The van der Waals surface area contributed by atoms with Crippen LogP contribution in [0.15, 0.2) is 48.5 Å². The third-order valence-electron chi connectivity index (χ3n) is 4.22. The second kappa shape index (κ2) is 6.59. The molecule has 0 aliphatic carbocycles. The van der Waals surface area contributed by atoms with Crippen LogP contribution in [0.5, 0.6) is 0 Å². The largest absolute Gasteiger partial charge is 0.302 e. The second-order valence-electron chi connectivity index (χ2n) is 5.72. The number of nitrogens with zero attached hydrogens (tertiary/aromatic N) is 1. The van der Waals surface area contributed by atoms with Gasteiger partial charge in [-0.05, 0) is 60.7 Å². The first-order chi connectivity index (χ1) is 10.2. The molecule has 1 fully saturated rings. The summed E-state index contributed by atoms with van der Waals surface area (Å²) in [5.74, 6) is 0.447. The zero-order chi connectivity index (χ0) is 14.7. The molecule has 1 aliphatic rings. The van der Waals surface area contributed by atoms with E-state index in [1.165, 1.54) is 18.1 Å². The molecule has 1 nitrogen and oxygen atoms in total. The molecule has 110 valence electrons. The molecule has 0 aromatic heterocycles. The molecule has 2 aromatic carbocycles. The van der Waals surface area contributed by atoms with Crippen molar-refractivity contribution in [2.45, 2.75) is 18.8 Å². The zero-order valence-electron chi connectivity index (χ0n) is 11.9. The van der Waals surface area contributed by atoms with Crippen molar-refractivity contribution >= 4 is 11.6 Å². The Labute approximate surface area is 130 Å². The van der Waals surface area contributed by atoms with Crippen molar-refractivity contribution < 1.29 is 4.39 Å². The maximum Gasteiger partial charge on any atom is 0.123 e. The summed E-state index contributed by atoms with van der Waals surface area (Å²) in [4.78, 5) is 2.46. The van der Waals surface area contributed by atoms with Crippen molar-refractivity contribution in [3.05, 3.63) is 70.5 Å². The molecule has 0 N–H and O–H groups in total. The van der Waals surface area contributed by atoms with E-state index in [-0.39, 0.29) is 5.82 Å². The molecule has 0 radical (unpaired) electrons. The molecular weight excluding hydrogens is 285 g/mol. The predicted molar refractivity (Wildman–Crippen MR) is 85.4 cm³/mol. The van der Waals surface area contributed by atoms with Crippen molar-refractivity contribution in [3.8, 4) is 0 Å². The Morgan fingerprint density at radius 2 is 1.95 bits per heavy atom. The quantitative estimate of drug-likeness (QED) is 0.803. The third kappa shape index (κ3) is 3.84. The third-order valence-corrected chi connectivity index (χ3v) is 4.47. The highest BCUT2D eigenvalue weighted by Crippen LogP contribution is 2.28. The number of likely N-dealkylation sites (tertiary alicyclic amines) is 1. The van der Waals surface area contributed by atoms with Gasteiger partial charge in [0.05, 0.1) is 0 Å². The highest BCUT2D eigenvalue weighted by Gasteiger charge is 2.23. The predicted octanol–water partition coefficient (Wildman–Crippen LogP) is 4.51. The maximum atomic E-state index is 13.2. The smallest absolute Gasteiger partial charge is 0.123 e. The lowest BCUT2D eigenvalue weighted by Gasteiger charge is -2.16. The molecule has 1 aliphatic heterocycles. The summed E-state index contributed by atoms with van der Waals surface area (Å²) in [5, 5.41) is 0.791.